The molecule has 2 heterocycles. The van der Waals surface area contributed by atoms with Crippen molar-refractivity contribution in [3.05, 3.63) is 40.8 Å². The van der Waals surface area contributed by atoms with Crippen LogP contribution in [-0.2, 0) is 0 Å². The molecule has 1 aliphatic rings. The van der Waals surface area contributed by atoms with Crippen molar-refractivity contribution in [3.63, 3.8) is 0 Å². The summed E-state index contributed by atoms with van der Waals surface area (Å²) in [6.45, 7) is 6.13. The summed E-state index contributed by atoms with van der Waals surface area (Å²) in [5.41, 5.74) is 0.860. The van der Waals surface area contributed by atoms with Crippen LogP contribution in [0.5, 0.6) is 17.2 Å². The van der Waals surface area contributed by atoms with Gasteiger partial charge in [-0.15, -0.1) is 0 Å². The van der Waals surface area contributed by atoms with Gasteiger partial charge in [-0.2, -0.15) is 0 Å². The van der Waals surface area contributed by atoms with Crippen molar-refractivity contribution in [2.24, 2.45) is 0 Å². The average Bonchev–Trinajstić information content (AvgIpc) is 2.43. The van der Waals surface area contributed by atoms with Gasteiger partial charge in [-0.05, 0) is 18.6 Å². The SMILES string of the molecule is C=C(C)[C@H]1COc2cc3oc(=O)ccc3c(OC)c2O1. The molecule has 5 nitrogen and oxygen atoms in total. The topological polar surface area (TPSA) is 57.9 Å². The van der Waals surface area contributed by atoms with E-state index < -0.39 is 5.63 Å². The van der Waals surface area contributed by atoms with E-state index in [1.54, 1.807) is 12.1 Å². The van der Waals surface area contributed by atoms with Crippen LogP contribution in [0.4, 0.5) is 0 Å². The molecule has 0 N–H and O–H groups in total. The molecule has 0 spiro atoms. The molecular formula is C15H14O5. The van der Waals surface area contributed by atoms with E-state index in [1.807, 2.05) is 6.92 Å². The van der Waals surface area contributed by atoms with Gasteiger partial charge in [0.1, 0.15) is 12.2 Å². The molecule has 0 bridgehead atoms. The van der Waals surface area contributed by atoms with Gasteiger partial charge in [-0.25, -0.2) is 4.79 Å². The molecule has 1 aromatic carbocycles. The van der Waals surface area contributed by atoms with Crippen molar-refractivity contribution in [1.82, 2.24) is 0 Å². The Kier molecular flexibility index (Phi) is 2.89. The van der Waals surface area contributed by atoms with Gasteiger partial charge in [0.15, 0.2) is 17.6 Å². The first-order valence-electron chi connectivity index (χ1n) is 6.20. The monoisotopic (exact) mass is 274 g/mol. The Morgan fingerprint density at radius 1 is 1.45 bits per heavy atom. The summed E-state index contributed by atoms with van der Waals surface area (Å²) in [6.07, 6.45) is -0.218. The first-order valence-corrected chi connectivity index (χ1v) is 6.20. The van der Waals surface area contributed by atoms with Crippen LogP contribution in [0.15, 0.2) is 39.6 Å². The molecule has 104 valence electrons. The van der Waals surface area contributed by atoms with E-state index in [9.17, 15) is 4.79 Å². The van der Waals surface area contributed by atoms with E-state index in [2.05, 4.69) is 6.58 Å². The number of fused-ring (bicyclic) bond motifs is 2. The summed E-state index contributed by atoms with van der Waals surface area (Å²) >= 11 is 0. The Morgan fingerprint density at radius 3 is 2.95 bits per heavy atom. The molecule has 0 amide bonds. The van der Waals surface area contributed by atoms with E-state index >= 15 is 0 Å². The largest absolute Gasteiger partial charge is 0.492 e. The summed E-state index contributed by atoms with van der Waals surface area (Å²) in [4.78, 5) is 11.3. The predicted molar refractivity (Wildman–Crippen MR) is 73.8 cm³/mol. The third-order valence-electron chi connectivity index (χ3n) is 3.20. The summed E-state index contributed by atoms with van der Waals surface area (Å²) in [6, 6.07) is 4.63. The van der Waals surface area contributed by atoms with Crippen LogP contribution in [-0.4, -0.2) is 19.8 Å². The molecule has 0 unspecified atom stereocenters. The van der Waals surface area contributed by atoms with Crippen LogP contribution in [0.3, 0.4) is 0 Å². The number of benzene rings is 1. The Morgan fingerprint density at radius 2 is 2.25 bits per heavy atom. The van der Waals surface area contributed by atoms with E-state index in [-0.39, 0.29) is 6.10 Å². The maximum Gasteiger partial charge on any atom is 0.336 e. The molecule has 0 saturated carbocycles. The maximum absolute atomic E-state index is 11.3. The van der Waals surface area contributed by atoms with E-state index in [4.69, 9.17) is 18.6 Å². The van der Waals surface area contributed by atoms with E-state index in [0.29, 0.717) is 34.8 Å². The second kappa shape index (κ2) is 4.59. The lowest BCUT2D eigenvalue weighted by atomic mass is 10.1. The van der Waals surface area contributed by atoms with Crippen molar-refractivity contribution in [1.29, 1.82) is 0 Å². The zero-order valence-corrected chi connectivity index (χ0v) is 11.3. The lowest BCUT2D eigenvalue weighted by Gasteiger charge is -2.28. The minimum absolute atomic E-state index is 0.218. The van der Waals surface area contributed by atoms with Gasteiger partial charge in [0.05, 0.1) is 12.5 Å². The van der Waals surface area contributed by atoms with E-state index in [1.165, 1.54) is 13.2 Å². The third-order valence-corrected chi connectivity index (χ3v) is 3.20. The van der Waals surface area contributed by atoms with Crippen LogP contribution in [0, 0.1) is 0 Å². The van der Waals surface area contributed by atoms with Crippen molar-refractivity contribution in [2.45, 2.75) is 13.0 Å². The van der Waals surface area contributed by atoms with Crippen molar-refractivity contribution >= 4 is 11.0 Å². The molecule has 0 aliphatic carbocycles. The van der Waals surface area contributed by atoms with Gasteiger partial charge in [0, 0.05) is 12.1 Å². The Hall–Kier alpha value is -2.43. The summed E-state index contributed by atoms with van der Waals surface area (Å²) in [5, 5.41) is 0.664. The zero-order chi connectivity index (χ0) is 14.3. The molecule has 3 rings (SSSR count). The molecule has 1 aliphatic heterocycles. The molecule has 1 aromatic heterocycles. The fourth-order valence-corrected chi connectivity index (χ4v) is 2.15. The fraction of sp³-hybridized carbons (Fsp3) is 0.267. The number of ether oxygens (including phenoxy) is 3. The number of hydrogen-bond donors (Lipinski definition) is 0. The van der Waals surface area contributed by atoms with Crippen LogP contribution in [0.2, 0.25) is 0 Å². The summed E-state index contributed by atoms with van der Waals surface area (Å²) < 4.78 is 22.1. The van der Waals surface area contributed by atoms with Crippen LogP contribution >= 0.6 is 0 Å². The summed E-state index contributed by atoms with van der Waals surface area (Å²) in [7, 11) is 1.54. The Labute approximate surface area is 115 Å². The molecule has 20 heavy (non-hydrogen) atoms. The lowest BCUT2D eigenvalue weighted by Crippen LogP contribution is -2.30. The first kappa shape index (κ1) is 12.6. The fourth-order valence-electron chi connectivity index (χ4n) is 2.15. The second-order valence-electron chi connectivity index (χ2n) is 4.67. The van der Waals surface area contributed by atoms with Gasteiger partial charge in [0.2, 0.25) is 5.75 Å². The molecule has 5 heteroatoms. The maximum atomic E-state index is 11.3. The van der Waals surface area contributed by atoms with E-state index in [0.717, 1.165) is 5.57 Å². The molecule has 2 aromatic rings. The minimum Gasteiger partial charge on any atom is -0.492 e. The number of rotatable bonds is 2. The van der Waals surface area contributed by atoms with Gasteiger partial charge in [0.25, 0.3) is 0 Å². The standard InChI is InChI=1S/C15H14O5/c1-8(2)12-7-18-11-6-10-9(4-5-13(16)19-10)14(17-3)15(11)20-12/h4-6,12H,1,7H2,2-3H3/t12-/m1/s1. The Bertz CT molecular complexity index is 744. The average molecular weight is 274 g/mol. The first-order chi connectivity index (χ1) is 9.60. The van der Waals surface area contributed by atoms with Crippen LogP contribution in [0.25, 0.3) is 11.0 Å². The van der Waals surface area contributed by atoms with Crippen molar-refractivity contribution in [3.8, 4) is 17.2 Å². The van der Waals surface area contributed by atoms with Crippen molar-refractivity contribution < 1.29 is 18.6 Å². The molecule has 1 atom stereocenters. The smallest absolute Gasteiger partial charge is 0.336 e. The number of hydrogen-bond acceptors (Lipinski definition) is 5. The van der Waals surface area contributed by atoms with Gasteiger partial charge < -0.3 is 18.6 Å². The molecule has 0 fully saturated rings. The highest BCUT2D eigenvalue weighted by molar-refractivity contribution is 5.89. The third kappa shape index (κ3) is 1.91. The minimum atomic E-state index is -0.420. The quantitative estimate of drug-likeness (QED) is 0.622. The van der Waals surface area contributed by atoms with Gasteiger partial charge in [-0.3, -0.25) is 0 Å². The molecule has 0 radical (unpaired) electrons. The molecule has 0 saturated heterocycles. The van der Waals surface area contributed by atoms with Crippen LogP contribution in [0.1, 0.15) is 6.92 Å². The van der Waals surface area contributed by atoms with Crippen LogP contribution < -0.4 is 19.8 Å². The number of methoxy groups -OCH3 is 1. The predicted octanol–water partition coefficient (Wildman–Crippen LogP) is 2.52. The highest BCUT2D eigenvalue weighted by atomic mass is 16.6. The molecular weight excluding hydrogens is 260 g/mol. The van der Waals surface area contributed by atoms with Crippen molar-refractivity contribution in [2.75, 3.05) is 13.7 Å². The highest BCUT2D eigenvalue weighted by Crippen LogP contribution is 2.45. The lowest BCUT2D eigenvalue weighted by molar-refractivity contribution is 0.111. The normalized spacial score (nSPS) is 17.0. The highest BCUT2D eigenvalue weighted by Gasteiger charge is 2.27. The zero-order valence-electron chi connectivity index (χ0n) is 11.3. The second-order valence-corrected chi connectivity index (χ2v) is 4.67. The van der Waals surface area contributed by atoms with Gasteiger partial charge >= 0.3 is 5.63 Å². The summed E-state index contributed by atoms with van der Waals surface area (Å²) in [5.74, 6) is 1.50. The van der Waals surface area contributed by atoms with Gasteiger partial charge in [-0.1, -0.05) is 6.58 Å². The Balaban J connectivity index is 2.23.